The fraction of sp³-hybridized carbons (Fsp3) is 0.400. The molecule has 0 aliphatic carbocycles. The van der Waals surface area contributed by atoms with Crippen LogP contribution in [0.4, 0.5) is 5.69 Å². The highest BCUT2D eigenvalue weighted by Crippen LogP contribution is 2.24. The summed E-state index contributed by atoms with van der Waals surface area (Å²) in [5.74, 6) is 0. The Morgan fingerprint density at radius 1 is 1.54 bits per heavy atom. The molecule has 1 aromatic rings. The SMILES string of the molecule is N[C@H](CO)c1ccc2c(c1)CCN2. The number of aliphatic hydroxyl groups excluding tert-OH is 1. The van der Waals surface area contributed by atoms with Gasteiger partial charge in [-0.1, -0.05) is 12.1 Å². The van der Waals surface area contributed by atoms with Gasteiger partial charge in [-0.25, -0.2) is 0 Å². The van der Waals surface area contributed by atoms with Crippen molar-refractivity contribution in [2.75, 3.05) is 18.5 Å². The van der Waals surface area contributed by atoms with E-state index >= 15 is 0 Å². The highest BCUT2D eigenvalue weighted by atomic mass is 16.3. The molecule has 70 valence electrons. The molecular formula is C10H14N2O. The van der Waals surface area contributed by atoms with Crippen LogP contribution in [0.15, 0.2) is 18.2 Å². The van der Waals surface area contributed by atoms with Gasteiger partial charge in [-0.05, 0) is 23.6 Å². The van der Waals surface area contributed by atoms with Crippen molar-refractivity contribution in [2.45, 2.75) is 12.5 Å². The van der Waals surface area contributed by atoms with Gasteiger partial charge in [0, 0.05) is 12.2 Å². The number of hydrogen-bond donors (Lipinski definition) is 3. The number of anilines is 1. The molecule has 3 heteroatoms. The minimum atomic E-state index is -0.245. The van der Waals surface area contributed by atoms with E-state index in [1.807, 2.05) is 12.1 Å². The Bertz CT molecular complexity index is 312. The molecule has 2 rings (SSSR count). The Balaban J connectivity index is 2.30. The summed E-state index contributed by atoms with van der Waals surface area (Å²) in [7, 11) is 0. The van der Waals surface area contributed by atoms with Gasteiger partial charge in [0.2, 0.25) is 0 Å². The molecule has 0 radical (unpaired) electrons. The van der Waals surface area contributed by atoms with Crippen LogP contribution < -0.4 is 11.1 Å². The molecule has 0 amide bonds. The van der Waals surface area contributed by atoms with Gasteiger partial charge in [0.1, 0.15) is 0 Å². The predicted molar refractivity (Wildman–Crippen MR) is 52.6 cm³/mol. The molecular weight excluding hydrogens is 164 g/mol. The molecule has 0 spiro atoms. The molecule has 0 bridgehead atoms. The number of nitrogens with two attached hydrogens (primary N) is 1. The van der Waals surface area contributed by atoms with Gasteiger partial charge < -0.3 is 16.2 Å². The highest BCUT2D eigenvalue weighted by Gasteiger charge is 2.12. The molecule has 1 atom stereocenters. The highest BCUT2D eigenvalue weighted by molar-refractivity contribution is 5.56. The van der Waals surface area contributed by atoms with E-state index in [2.05, 4.69) is 11.4 Å². The summed E-state index contributed by atoms with van der Waals surface area (Å²) in [6, 6.07) is 5.84. The lowest BCUT2D eigenvalue weighted by Gasteiger charge is -2.09. The minimum Gasteiger partial charge on any atom is -0.394 e. The van der Waals surface area contributed by atoms with E-state index in [0.29, 0.717) is 0 Å². The lowest BCUT2D eigenvalue weighted by atomic mass is 10.0. The van der Waals surface area contributed by atoms with E-state index in [-0.39, 0.29) is 12.6 Å². The average molecular weight is 178 g/mol. The normalized spacial score (nSPS) is 16.5. The second-order valence-corrected chi connectivity index (χ2v) is 3.38. The van der Waals surface area contributed by atoms with E-state index < -0.39 is 0 Å². The second kappa shape index (κ2) is 3.36. The van der Waals surface area contributed by atoms with Crippen molar-refractivity contribution in [2.24, 2.45) is 5.73 Å². The Morgan fingerprint density at radius 3 is 3.15 bits per heavy atom. The largest absolute Gasteiger partial charge is 0.394 e. The maximum absolute atomic E-state index is 8.90. The fourth-order valence-electron chi connectivity index (χ4n) is 1.66. The summed E-state index contributed by atoms with van der Waals surface area (Å²) in [5, 5.41) is 12.2. The van der Waals surface area contributed by atoms with Crippen LogP contribution in [-0.4, -0.2) is 18.3 Å². The molecule has 0 unspecified atom stereocenters. The van der Waals surface area contributed by atoms with E-state index in [4.69, 9.17) is 10.8 Å². The first-order valence-electron chi connectivity index (χ1n) is 4.54. The number of fused-ring (bicyclic) bond motifs is 1. The number of nitrogens with one attached hydrogen (secondary N) is 1. The van der Waals surface area contributed by atoms with Crippen molar-refractivity contribution in [3.63, 3.8) is 0 Å². The van der Waals surface area contributed by atoms with Crippen molar-refractivity contribution in [3.05, 3.63) is 29.3 Å². The molecule has 1 aromatic carbocycles. The van der Waals surface area contributed by atoms with Gasteiger partial charge in [-0.2, -0.15) is 0 Å². The minimum absolute atomic E-state index is 0.00617. The molecule has 0 fully saturated rings. The standard InChI is InChI=1S/C10H14N2O/c11-9(6-13)7-1-2-10-8(5-7)3-4-12-10/h1-2,5,9,12-13H,3-4,6,11H2/t9-/m1/s1. The van der Waals surface area contributed by atoms with Crippen molar-refractivity contribution in [1.82, 2.24) is 0 Å². The zero-order chi connectivity index (χ0) is 9.26. The molecule has 4 N–H and O–H groups in total. The fourth-order valence-corrected chi connectivity index (χ4v) is 1.66. The van der Waals surface area contributed by atoms with Crippen molar-refractivity contribution in [1.29, 1.82) is 0 Å². The summed E-state index contributed by atoms with van der Waals surface area (Å²) >= 11 is 0. The summed E-state index contributed by atoms with van der Waals surface area (Å²) in [6.45, 7) is 1.01. The number of rotatable bonds is 2. The van der Waals surface area contributed by atoms with E-state index in [0.717, 1.165) is 18.5 Å². The Morgan fingerprint density at radius 2 is 2.38 bits per heavy atom. The van der Waals surface area contributed by atoms with Gasteiger partial charge in [0.25, 0.3) is 0 Å². The smallest absolute Gasteiger partial charge is 0.0624 e. The average Bonchev–Trinajstić information content (AvgIpc) is 2.63. The summed E-state index contributed by atoms with van der Waals surface area (Å²) in [5.41, 5.74) is 9.25. The van der Waals surface area contributed by atoms with Crippen LogP contribution in [0.5, 0.6) is 0 Å². The topological polar surface area (TPSA) is 58.3 Å². The zero-order valence-electron chi connectivity index (χ0n) is 7.46. The van der Waals surface area contributed by atoms with Crippen LogP contribution in [0.2, 0.25) is 0 Å². The molecule has 0 aromatic heterocycles. The lowest BCUT2D eigenvalue weighted by Crippen LogP contribution is -2.14. The molecule has 0 saturated heterocycles. The van der Waals surface area contributed by atoms with E-state index in [1.165, 1.54) is 11.3 Å². The van der Waals surface area contributed by atoms with Crippen molar-refractivity contribution < 1.29 is 5.11 Å². The van der Waals surface area contributed by atoms with Gasteiger partial charge >= 0.3 is 0 Å². The van der Waals surface area contributed by atoms with Gasteiger partial charge in [0.05, 0.1) is 12.6 Å². The Hall–Kier alpha value is -1.06. The Kier molecular flexibility index (Phi) is 2.20. The van der Waals surface area contributed by atoms with Crippen LogP contribution in [0.25, 0.3) is 0 Å². The summed E-state index contributed by atoms with van der Waals surface area (Å²) < 4.78 is 0. The first-order valence-corrected chi connectivity index (χ1v) is 4.54. The van der Waals surface area contributed by atoms with E-state index in [9.17, 15) is 0 Å². The first kappa shape index (κ1) is 8.53. The third-order valence-corrected chi connectivity index (χ3v) is 2.46. The van der Waals surface area contributed by atoms with Crippen molar-refractivity contribution in [3.8, 4) is 0 Å². The molecule has 1 aliphatic heterocycles. The van der Waals surface area contributed by atoms with Crippen molar-refractivity contribution >= 4 is 5.69 Å². The zero-order valence-corrected chi connectivity index (χ0v) is 7.46. The monoisotopic (exact) mass is 178 g/mol. The van der Waals surface area contributed by atoms with Gasteiger partial charge in [-0.3, -0.25) is 0 Å². The molecule has 3 nitrogen and oxygen atoms in total. The number of aliphatic hydroxyl groups is 1. The maximum atomic E-state index is 8.90. The first-order chi connectivity index (χ1) is 6.31. The van der Waals surface area contributed by atoms with Crippen LogP contribution in [-0.2, 0) is 6.42 Å². The van der Waals surface area contributed by atoms with Gasteiger partial charge in [-0.15, -0.1) is 0 Å². The number of benzene rings is 1. The molecule has 1 aliphatic rings. The van der Waals surface area contributed by atoms with Crippen LogP contribution in [0, 0.1) is 0 Å². The third kappa shape index (κ3) is 1.53. The Labute approximate surface area is 77.6 Å². The molecule has 13 heavy (non-hydrogen) atoms. The predicted octanol–water partition coefficient (Wildman–Crippen LogP) is 0.647. The van der Waals surface area contributed by atoms with Crippen LogP contribution in [0.3, 0.4) is 0 Å². The summed E-state index contributed by atoms with van der Waals surface area (Å²) in [4.78, 5) is 0. The lowest BCUT2D eigenvalue weighted by molar-refractivity contribution is 0.268. The summed E-state index contributed by atoms with van der Waals surface area (Å²) in [6.07, 6.45) is 1.06. The molecule has 0 saturated carbocycles. The maximum Gasteiger partial charge on any atom is 0.0624 e. The second-order valence-electron chi connectivity index (χ2n) is 3.38. The van der Waals surface area contributed by atoms with Gasteiger partial charge in [0.15, 0.2) is 0 Å². The number of hydrogen-bond acceptors (Lipinski definition) is 3. The van der Waals surface area contributed by atoms with Crippen LogP contribution >= 0.6 is 0 Å². The van der Waals surface area contributed by atoms with E-state index in [1.54, 1.807) is 0 Å². The molecule has 1 heterocycles. The quantitative estimate of drug-likeness (QED) is 0.623. The van der Waals surface area contributed by atoms with Crippen LogP contribution in [0.1, 0.15) is 17.2 Å². The third-order valence-electron chi connectivity index (χ3n) is 2.46.